The summed E-state index contributed by atoms with van der Waals surface area (Å²) in [4.78, 5) is 25.8. The van der Waals surface area contributed by atoms with E-state index < -0.39 is 92.7 Å². The van der Waals surface area contributed by atoms with Gasteiger partial charge in [-0.3, -0.25) is 9.59 Å². The van der Waals surface area contributed by atoms with Crippen molar-refractivity contribution in [1.82, 2.24) is 0 Å². The highest BCUT2D eigenvalue weighted by Gasteiger charge is 2.47. The van der Waals surface area contributed by atoms with Crippen LogP contribution in [0.1, 0.15) is 206 Å². The van der Waals surface area contributed by atoms with Crippen LogP contribution in [0.15, 0.2) is 24.3 Å². The lowest BCUT2D eigenvalue weighted by molar-refractivity contribution is -0.332. The molecule has 0 saturated carbocycles. The number of aliphatic hydroxyl groups excluding tert-OH is 7. The van der Waals surface area contributed by atoms with E-state index in [1.165, 1.54) is 122 Å². The molecule has 2 rings (SSSR count). The minimum absolute atomic E-state index is 0.161. The lowest BCUT2D eigenvalue weighted by atomic mass is 9.98. The molecular weight excluding hydrogens is 877 g/mol. The Balaban J connectivity index is 1.80. The number of allylic oxidation sites excluding steroid dienone is 4. The third kappa shape index (κ3) is 28.1. The van der Waals surface area contributed by atoms with E-state index in [4.69, 9.17) is 28.4 Å². The van der Waals surface area contributed by atoms with E-state index in [-0.39, 0.29) is 26.1 Å². The van der Waals surface area contributed by atoms with Gasteiger partial charge >= 0.3 is 11.9 Å². The van der Waals surface area contributed by atoms with Gasteiger partial charge in [-0.1, -0.05) is 154 Å². The van der Waals surface area contributed by atoms with Crippen LogP contribution in [0.2, 0.25) is 0 Å². The van der Waals surface area contributed by atoms with Crippen LogP contribution in [0.5, 0.6) is 0 Å². The van der Waals surface area contributed by atoms with Gasteiger partial charge in [0.25, 0.3) is 0 Å². The fraction of sp³-hybridized carbons (Fsp3) is 0.887. The summed E-state index contributed by atoms with van der Waals surface area (Å²) in [5.41, 5.74) is 0. The maximum Gasteiger partial charge on any atom is 0.306 e. The van der Waals surface area contributed by atoms with Crippen molar-refractivity contribution < 1.29 is 73.8 Å². The molecule has 0 radical (unpaired) electrons. The van der Waals surface area contributed by atoms with E-state index in [0.717, 1.165) is 44.9 Å². The van der Waals surface area contributed by atoms with E-state index in [1.807, 2.05) is 0 Å². The topological polar surface area (TPSA) is 231 Å². The molecule has 15 heteroatoms. The molecule has 0 aromatic rings. The minimum Gasteiger partial charge on any atom is -0.462 e. The number of esters is 2. The van der Waals surface area contributed by atoms with Crippen LogP contribution in [-0.4, -0.2) is 142 Å². The number of hydrogen-bond acceptors (Lipinski definition) is 15. The quantitative estimate of drug-likeness (QED) is 0.0175. The smallest absolute Gasteiger partial charge is 0.306 e. The van der Waals surface area contributed by atoms with Crippen LogP contribution in [0, 0.1) is 0 Å². The van der Waals surface area contributed by atoms with Crippen LogP contribution in [0.25, 0.3) is 0 Å². The molecule has 0 bridgehead atoms. The van der Waals surface area contributed by atoms with E-state index >= 15 is 0 Å². The highest BCUT2D eigenvalue weighted by Crippen LogP contribution is 2.26. The molecule has 2 aliphatic rings. The number of unbranched alkanes of at least 4 members (excludes halogenated alkanes) is 24. The maximum atomic E-state index is 13.0. The summed E-state index contributed by atoms with van der Waals surface area (Å²) in [6.07, 6.45) is 24.9. The summed E-state index contributed by atoms with van der Waals surface area (Å²) < 4.78 is 33.6. The van der Waals surface area contributed by atoms with Crippen molar-refractivity contribution in [2.45, 2.75) is 274 Å². The Bertz CT molecular complexity index is 1280. The lowest BCUT2D eigenvalue weighted by Gasteiger charge is -2.42. The Morgan fingerprint density at radius 1 is 0.456 bits per heavy atom. The third-order valence-electron chi connectivity index (χ3n) is 12.9. The SMILES string of the molecule is CCCCCC/C=C/CCCCCCCCCCCC(=O)O[C@H](COC(=O)CCCC/C=C/CCCCCCCCCCC)CO[C@H]1O[C@@H](CO[C@H]2O[C@@H](CO)[C@@H](O)C(O)C2O)[C@@H](O)C(O)C1O. The first-order valence-electron chi connectivity index (χ1n) is 26.9. The lowest BCUT2D eigenvalue weighted by Crippen LogP contribution is -2.61. The largest absolute Gasteiger partial charge is 0.462 e. The van der Waals surface area contributed by atoms with Gasteiger partial charge in [-0.2, -0.15) is 0 Å². The van der Waals surface area contributed by atoms with Gasteiger partial charge in [-0.05, 0) is 64.2 Å². The Hall–Kier alpha value is -2.02. The molecule has 2 fully saturated rings. The molecule has 2 saturated heterocycles. The van der Waals surface area contributed by atoms with Crippen LogP contribution >= 0.6 is 0 Å². The first kappa shape index (κ1) is 62.1. The van der Waals surface area contributed by atoms with E-state index in [9.17, 15) is 45.3 Å². The molecule has 11 atom stereocenters. The summed E-state index contributed by atoms with van der Waals surface area (Å²) >= 11 is 0. The normalized spacial score (nSPS) is 25.9. The molecule has 0 aliphatic carbocycles. The Morgan fingerprint density at radius 2 is 0.838 bits per heavy atom. The zero-order chi connectivity index (χ0) is 49.6. The number of ether oxygens (including phenoxy) is 6. The number of carbonyl (C=O) groups excluding carboxylic acids is 2. The molecule has 2 heterocycles. The van der Waals surface area contributed by atoms with Crippen molar-refractivity contribution in [3.05, 3.63) is 24.3 Å². The summed E-state index contributed by atoms with van der Waals surface area (Å²) in [5.74, 6) is -0.946. The van der Waals surface area contributed by atoms with Crippen molar-refractivity contribution in [3.63, 3.8) is 0 Å². The maximum absolute atomic E-state index is 13.0. The molecule has 15 nitrogen and oxygen atoms in total. The molecule has 0 aromatic heterocycles. The Morgan fingerprint density at radius 3 is 1.34 bits per heavy atom. The van der Waals surface area contributed by atoms with Gasteiger partial charge < -0.3 is 64.2 Å². The van der Waals surface area contributed by atoms with Crippen molar-refractivity contribution in [1.29, 1.82) is 0 Å². The van der Waals surface area contributed by atoms with Crippen molar-refractivity contribution in [2.24, 2.45) is 0 Å². The fourth-order valence-corrected chi connectivity index (χ4v) is 8.44. The second-order valence-electron chi connectivity index (χ2n) is 19.0. The van der Waals surface area contributed by atoms with Crippen molar-refractivity contribution >= 4 is 11.9 Å². The second-order valence-corrected chi connectivity index (χ2v) is 19.0. The number of rotatable bonds is 42. The number of hydrogen-bond donors (Lipinski definition) is 7. The summed E-state index contributed by atoms with van der Waals surface area (Å²) in [5, 5.41) is 72.1. The average Bonchev–Trinajstić information content (AvgIpc) is 3.33. The van der Waals surface area contributed by atoms with Gasteiger partial charge in [-0.15, -0.1) is 0 Å². The summed E-state index contributed by atoms with van der Waals surface area (Å²) in [6, 6.07) is 0. The average molecular weight is 973 g/mol. The van der Waals surface area contributed by atoms with Gasteiger partial charge in [0.15, 0.2) is 18.7 Å². The first-order valence-corrected chi connectivity index (χ1v) is 26.9. The van der Waals surface area contributed by atoms with Crippen LogP contribution < -0.4 is 0 Å². The predicted octanol–water partition coefficient (Wildman–Crippen LogP) is 7.94. The Kier molecular flexibility index (Phi) is 37.0. The van der Waals surface area contributed by atoms with Gasteiger partial charge in [0.2, 0.25) is 0 Å². The number of aliphatic hydroxyl groups is 7. The summed E-state index contributed by atoms with van der Waals surface area (Å²) in [7, 11) is 0. The molecule has 398 valence electrons. The number of carbonyl (C=O) groups is 2. The van der Waals surface area contributed by atoms with Gasteiger partial charge in [0.05, 0.1) is 19.8 Å². The monoisotopic (exact) mass is 973 g/mol. The van der Waals surface area contributed by atoms with E-state index in [1.54, 1.807) is 0 Å². The zero-order valence-electron chi connectivity index (χ0n) is 42.1. The van der Waals surface area contributed by atoms with E-state index in [0.29, 0.717) is 12.8 Å². The molecule has 2 aliphatic heterocycles. The van der Waals surface area contributed by atoms with Gasteiger partial charge in [0, 0.05) is 12.8 Å². The standard InChI is InChI=1S/C53H96O15/c1-3-5-7-9-11-13-15-17-19-20-22-24-26-28-30-32-34-36-45(56)66-41(38-63-44(55)35-33-31-29-27-25-23-21-18-16-14-12-10-8-6-4-2)39-64-52-51(62)49(60)47(58)43(68-52)40-65-53-50(61)48(59)46(57)42(37-54)67-53/h13,15,25,27,41-43,46-54,57-62H,3-12,14,16-24,26,28-40H2,1-2H3/b15-13+,27-25+/t41-,42+,43+,46-,47-,48?,49?,50?,51?,52+,53+/m1/s1. The molecular formula is C53H96O15. The van der Waals surface area contributed by atoms with Crippen molar-refractivity contribution in [2.75, 3.05) is 26.4 Å². The first-order chi connectivity index (χ1) is 33.0. The van der Waals surface area contributed by atoms with Crippen molar-refractivity contribution in [3.8, 4) is 0 Å². The molecule has 0 aromatic carbocycles. The minimum atomic E-state index is -1.77. The zero-order valence-corrected chi connectivity index (χ0v) is 42.1. The van der Waals surface area contributed by atoms with Gasteiger partial charge in [0.1, 0.15) is 55.4 Å². The molecule has 0 spiro atoms. The molecule has 0 amide bonds. The molecule has 7 N–H and O–H groups in total. The van der Waals surface area contributed by atoms with E-state index in [2.05, 4.69) is 38.2 Å². The highest BCUT2D eigenvalue weighted by atomic mass is 16.7. The third-order valence-corrected chi connectivity index (χ3v) is 12.9. The Labute approximate surface area is 409 Å². The highest BCUT2D eigenvalue weighted by molar-refractivity contribution is 5.70. The van der Waals surface area contributed by atoms with Crippen LogP contribution in [0.4, 0.5) is 0 Å². The molecule has 68 heavy (non-hydrogen) atoms. The molecule has 4 unspecified atom stereocenters. The second kappa shape index (κ2) is 40.6. The predicted molar refractivity (Wildman–Crippen MR) is 261 cm³/mol. The van der Waals surface area contributed by atoms with Crippen LogP contribution in [0.3, 0.4) is 0 Å². The summed E-state index contributed by atoms with van der Waals surface area (Å²) in [6.45, 7) is 2.57. The van der Waals surface area contributed by atoms with Crippen LogP contribution in [-0.2, 0) is 38.0 Å². The fourth-order valence-electron chi connectivity index (χ4n) is 8.44. The van der Waals surface area contributed by atoms with Gasteiger partial charge in [-0.25, -0.2) is 0 Å².